The molecule has 0 spiro atoms. The Kier molecular flexibility index (Phi) is 3.54. The average Bonchev–Trinajstić information content (AvgIpc) is 2.72. The van der Waals surface area contributed by atoms with Gasteiger partial charge in [-0.2, -0.15) is 0 Å². The van der Waals surface area contributed by atoms with E-state index in [4.69, 9.17) is 0 Å². The van der Waals surface area contributed by atoms with Crippen LogP contribution < -0.4 is 0 Å². The van der Waals surface area contributed by atoms with E-state index in [1.165, 1.54) is 43.4 Å². The van der Waals surface area contributed by atoms with E-state index >= 15 is 0 Å². The molecule has 0 atom stereocenters. The summed E-state index contributed by atoms with van der Waals surface area (Å²) in [6, 6.07) is 34.7. The van der Waals surface area contributed by atoms with Gasteiger partial charge in [-0.15, -0.1) is 0 Å². The summed E-state index contributed by atoms with van der Waals surface area (Å²) in [4.78, 5) is 0. The van der Waals surface area contributed by atoms with Crippen LogP contribution in [-0.2, 0) is 0 Å². The van der Waals surface area contributed by atoms with Crippen LogP contribution in [0.25, 0.3) is 44.5 Å². The molecular weight excluding hydrogens is 312 g/mol. The SMILES string of the molecule is C(=C/c1ccc2ccc3ccccc3c2c1)/c1ccc2ccccc2c1. The van der Waals surface area contributed by atoms with Crippen molar-refractivity contribution in [2.75, 3.05) is 0 Å². The molecule has 5 rings (SSSR count). The van der Waals surface area contributed by atoms with Crippen LogP contribution >= 0.6 is 0 Å². The van der Waals surface area contributed by atoms with E-state index < -0.39 is 0 Å². The lowest BCUT2D eigenvalue weighted by Gasteiger charge is -2.05. The van der Waals surface area contributed by atoms with Crippen LogP contribution in [-0.4, -0.2) is 0 Å². The van der Waals surface area contributed by atoms with Crippen molar-refractivity contribution < 1.29 is 0 Å². The minimum atomic E-state index is 1.22. The van der Waals surface area contributed by atoms with Gasteiger partial charge in [-0.1, -0.05) is 97.1 Å². The van der Waals surface area contributed by atoms with Crippen LogP contribution in [0, 0.1) is 0 Å². The van der Waals surface area contributed by atoms with Gasteiger partial charge in [0, 0.05) is 0 Å². The summed E-state index contributed by atoms with van der Waals surface area (Å²) in [6.45, 7) is 0. The molecule has 0 heterocycles. The molecule has 26 heavy (non-hydrogen) atoms. The molecule has 5 aromatic rings. The Morgan fingerprint density at radius 3 is 1.73 bits per heavy atom. The van der Waals surface area contributed by atoms with Gasteiger partial charge in [0.05, 0.1) is 0 Å². The first-order valence-electron chi connectivity index (χ1n) is 8.95. The van der Waals surface area contributed by atoms with Gasteiger partial charge in [0.25, 0.3) is 0 Å². The van der Waals surface area contributed by atoms with E-state index in [2.05, 4.69) is 109 Å². The summed E-state index contributed by atoms with van der Waals surface area (Å²) in [5.74, 6) is 0. The molecule has 0 N–H and O–H groups in total. The highest BCUT2D eigenvalue weighted by molar-refractivity contribution is 6.08. The summed E-state index contributed by atoms with van der Waals surface area (Å²) < 4.78 is 0. The molecule has 0 aliphatic heterocycles. The van der Waals surface area contributed by atoms with E-state index in [1.807, 2.05) is 0 Å². The molecular formula is C26H18. The lowest BCUT2D eigenvalue weighted by atomic mass is 9.99. The molecule has 0 unspecified atom stereocenters. The maximum absolute atomic E-state index is 2.29. The van der Waals surface area contributed by atoms with E-state index in [-0.39, 0.29) is 0 Å². The Morgan fingerprint density at radius 1 is 0.385 bits per heavy atom. The zero-order valence-corrected chi connectivity index (χ0v) is 14.4. The van der Waals surface area contributed by atoms with Crippen molar-refractivity contribution in [2.24, 2.45) is 0 Å². The van der Waals surface area contributed by atoms with Gasteiger partial charge in [-0.05, 0) is 55.6 Å². The molecule has 0 saturated carbocycles. The van der Waals surface area contributed by atoms with E-state index in [0.717, 1.165) is 0 Å². The summed E-state index contributed by atoms with van der Waals surface area (Å²) in [5, 5.41) is 7.75. The van der Waals surface area contributed by atoms with Crippen molar-refractivity contribution in [2.45, 2.75) is 0 Å². The smallest absolute Gasteiger partial charge is 0.00995 e. The molecule has 0 radical (unpaired) electrons. The van der Waals surface area contributed by atoms with Crippen LogP contribution in [0.4, 0.5) is 0 Å². The standard InChI is InChI=1S/C26H18/c1-2-7-24-17-19(11-13-21(24)5-1)9-10-20-12-14-23-16-15-22-6-3-4-8-25(22)26(23)18-20/h1-18H/b10-9-. The topological polar surface area (TPSA) is 0 Å². The molecule has 5 aromatic carbocycles. The second kappa shape index (κ2) is 6.16. The first-order valence-corrected chi connectivity index (χ1v) is 8.95. The van der Waals surface area contributed by atoms with Gasteiger partial charge in [-0.25, -0.2) is 0 Å². The van der Waals surface area contributed by atoms with Crippen LogP contribution in [0.15, 0.2) is 97.1 Å². The largest absolute Gasteiger partial charge is 0.0616 e. The molecule has 0 heteroatoms. The highest BCUT2D eigenvalue weighted by Gasteiger charge is 2.00. The molecule has 0 aliphatic rings. The highest BCUT2D eigenvalue weighted by atomic mass is 14.0. The second-order valence-electron chi connectivity index (χ2n) is 6.71. The Morgan fingerprint density at radius 2 is 0.923 bits per heavy atom. The molecule has 0 saturated heterocycles. The minimum Gasteiger partial charge on any atom is -0.0616 e. The number of rotatable bonds is 2. The zero-order chi connectivity index (χ0) is 17.3. The predicted octanol–water partition coefficient (Wildman–Crippen LogP) is 7.32. The first kappa shape index (κ1) is 14.9. The number of hydrogen-bond donors (Lipinski definition) is 0. The third kappa shape index (κ3) is 2.66. The van der Waals surface area contributed by atoms with Gasteiger partial charge in [0.1, 0.15) is 0 Å². The summed E-state index contributed by atoms with van der Waals surface area (Å²) in [6.07, 6.45) is 4.39. The molecule has 0 aliphatic carbocycles. The number of hydrogen-bond acceptors (Lipinski definition) is 0. The Labute approximate surface area is 153 Å². The van der Waals surface area contributed by atoms with Gasteiger partial charge in [0.2, 0.25) is 0 Å². The Hall–Kier alpha value is -3.38. The lowest BCUT2D eigenvalue weighted by molar-refractivity contribution is 1.70. The van der Waals surface area contributed by atoms with E-state index in [1.54, 1.807) is 0 Å². The van der Waals surface area contributed by atoms with E-state index in [9.17, 15) is 0 Å². The lowest BCUT2D eigenvalue weighted by Crippen LogP contribution is -1.80. The van der Waals surface area contributed by atoms with Gasteiger partial charge in [0.15, 0.2) is 0 Å². The summed E-state index contributed by atoms with van der Waals surface area (Å²) in [7, 11) is 0. The fraction of sp³-hybridized carbons (Fsp3) is 0. The van der Waals surface area contributed by atoms with Crippen molar-refractivity contribution in [3.8, 4) is 0 Å². The second-order valence-corrected chi connectivity index (χ2v) is 6.71. The van der Waals surface area contributed by atoms with Crippen molar-refractivity contribution in [3.05, 3.63) is 108 Å². The van der Waals surface area contributed by atoms with Crippen LogP contribution in [0.1, 0.15) is 11.1 Å². The van der Waals surface area contributed by atoms with Crippen LogP contribution in [0.5, 0.6) is 0 Å². The monoisotopic (exact) mass is 330 g/mol. The fourth-order valence-electron chi connectivity index (χ4n) is 3.63. The number of benzene rings is 5. The van der Waals surface area contributed by atoms with Crippen molar-refractivity contribution >= 4 is 44.5 Å². The van der Waals surface area contributed by atoms with Crippen LogP contribution in [0.2, 0.25) is 0 Å². The van der Waals surface area contributed by atoms with Gasteiger partial charge in [-0.3, -0.25) is 0 Å². The van der Waals surface area contributed by atoms with Crippen molar-refractivity contribution in [1.29, 1.82) is 0 Å². The van der Waals surface area contributed by atoms with Gasteiger partial charge < -0.3 is 0 Å². The molecule has 122 valence electrons. The molecule has 0 aromatic heterocycles. The Bertz CT molecular complexity index is 1280. The van der Waals surface area contributed by atoms with Crippen LogP contribution in [0.3, 0.4) is 0 Å². The zero-order valence-electron chi connectivity index (χ0n) is 14.4. The minimum absolute atomic E-state index is 1.22. The van der Waals surface area contributed by atoms with Gasteiger partial charge >= 0.3 is 0 Å². The van der Waals surface area contributed by atoms with Crippen molar-refractivity contribution in [3.63, 3.8) is 0 Å². The Balaban J connectivity index is 1.57. The summed E-state index contributed by atoms with van der Waals surface area (Å²) in [5.41, 5.74) is 2.45. The highest BCUT2D eigenvalue weighted by Crippen LogP contribution is 2.27. The maximum Gasteiger partial charge on any atom is -0.00995 e. The fourth-order valence-corrected chi connectivity index (χ4v) is 3.63. The maximum atomic E-state index is 2.29. The quantitative estimate of drug-likeness (QED) is 0.235. The van der Waals surface area contributed by atoms with E-state index in [0.29, 0.717) is 0 Å². The first-order chi connectivity index (χ1) is 12.9. The third-order valence-corrected chi connectivity index (χ3v) is 5.01. The molecule has 0 amide bonds. The molecule has 0 nitrogen and oxygen atoms in total. The normalized spacial score (nSPS) is 11.7. The average molecular weight is 330 g/mol. The third-order valence-electron chi connectivity index (χ3n) is 5.01. The molecule has 0 fully saturated rings. The summed E-state index contributed by atoms with van der Waals surface area (Å²) >= 11 is 0. The number of fused-ring (bicyclic) bond motifs is 4. The molecule has 0 bridgehead atoms. The predicted molar refractivity (Wildman–Crippen MR) is 114 cm³/mol. The van der Waals surface area contributed by atoms with Crippen molar-refractivity contribution in [1.82, 2.24) is 0 Å².